The zero-order chi connectivity index (χ0) is 14.8. The fourth-order valence-corrected chi connectivity index (χ4v) is 3.35. The number of fused-ring (bicyclic) bond motifs is 1. The Morgan fingerprint density at radius 1 is 1.19 bits per heavy atom. The topological polar surface area (TPSA) is 34.6 Å². The second kappa shape index (κ2) is 6.19. The van der Waals surface area contributed by atoms with Crippen molar-refractivity contribution in [2.45, 2.75) is 19.6 Å². The molecule has 5 heteroatoms. The molecule has 110 valence electrons. The van der Waals surface area contributed by atoms with E-state index < -0.39 is 0 Å². The van der Waals surface area contributed by atoms with Gasteiger partial charge in [-0.05, 0) is 40.3 Å². The minimum atomic E-state index is 0.819. The van der Waals surface area contributed by atoms with Gasteiger partial charge in [-0.2, -0.15) is 0 Å². The van der Waals surface area contributed by atoms with Gasteiger partial charge in [0.25, 0.3) is 0 Å². The highest BCUT2D eigenvalue weighted by Gasteiger charge is 2.22. The van der Waals surface area contributed by atoms with Crippen LogP contribution in [0.2, 0.25) is 0 Å². The quantitative estimate of drug-likeness (QED) is 0.587. The maximum absolute atomic E-state index is 5.48. The summed E-state index contributed by atoms with van der Waals surface area (Å²) in [7, 11) is 3.37. The third-order valence-corrected chi connectivity index (χ3v) is 4.69. The van der Waals surface area contributed by atoms with Gasteiger partial charge in [0.1, 0.15) is 15.2 Å². The summed E-state index contributed by atoms with van der Waals surface area (Å²) in [6.45, 7) is 2.76. The first-order valence-electron chi connectivity index (χ1n) is 6.76. The lowest BCUT2D eigenvalue weighted by Gasteiger charge is -2.17. The predicted octanol–water partition coefficient (Wildman–Crippen LogP) is 3.22. The van der Waals surface area contributed by atoms with Gasteiger partial charge in [-0.1, -0.05) is 6.07 Å². The van der Waals surface area contributed by atoms with Crippen LogP contribution in [0.4, 0.5) is 0 Å². The number of halogens is 1. The Balaban J connectivity index is 1.79. The van der Waals surface area contributed by atoms with Gasteiger partial charge in [0, 0.05) is 43.0 Å². The lowest BCUT2D eigenvalue weighted by Crippen LogP contribution is -2.16. The standard InChI is InChI=1S/C16H17IN2O2/c1-20-13-4-3-12(15(7-13)21-2)9-19-8-11-5-6-18-16(17)14(11)10-19/h3-7H,8-10H2,1-2H3. The van der Waals surface area contributed by atoms with Crippen LogP contribution in [0.3, 0.4) is 0 Å². The first-order valence-corrected chi connectivity index (χ1v) is 7.84. The lowest BCUT2D eigenvalue weighted by atomic mass is 10.2. The highest BCUT2D eigenvalue weighted by Crippen LogP contribution is 2.30. The molecule has 0 bridgehead atoms. The van der Waals surface area contributed by atoms with Crippen molar-refractivity contribution < 1.29 is 9.47 Å². The number of ether oxygens (including phenoxy) is 2. The average molecular weight is 396 g/mol. The Morgan fingerprint density at radius 2 is 2.05 bits per heavy atom. The molecule has 2 aromatic rings. The van der Waals surface area contributed by atoms with Gasteiger partial charge in [0.15, 0.2) is 0 Å². The minimum absolute atomic E-state index is 0.819. The Bertz CT molecular complexity index is 661. The fourth-order valence-electron chi connectivity index (χ4n) is 2.67. The van der Waals surface area contributed by atoms with Crippen molar-refractivity contribution in [2.24, 2.45) is 0 Å². The smallest absolute Gasteiger partial charge is 0.127 e. The molecule has 0 aliphatic carbocycles. The first kappa shape index (κ1) is 14.6. The number of aromatic nitrogens is 1. The largest absolute Gasteiger partial charge is 0.497 e. The average Bonchev–Trinajstić information content (AvgIpc) is 2.91. The number of hydrogen-bond acceptors (Lipinski definition) is 4. The van der Waals surface area contributed by atoms with E-state index in [0.717, 1.165) is 34.8 Å². The third kappa shape index (κ3) is 2.98. The van der Waals surface area contributed by atoms with Crippen molar-refractivity contribution in [3.63, 3.8) is 0 Å². The first-order chi connectivity index (χ1) is 10.2. The molecular weight excluding hydrogens is 379 g/mol. The van der Waals surface area contributed by atoms with Crippen LogP contribution < -0.4 is 9.47 Å². The maximum Gasteiger partial charge on any atom is 0.127 e. The number of hydrogen-bond donors (Lipinski definition) is 0. The highest BCUT2D eigenvalue weighted by atomic mass is 127. The number of benzene rings is 1. The number of pyridine rings is 1. The summed E-state index contributed by atoms with van der Waals surface area (Å²) in [6.07, 6.45) is 1.89. The van der Waals surface area contributed by atoms with Gasteiger partial charge in [-0.3, -0.25) is 4.90 Å². The van der Waals surface area contributed by atoms with Crippen LogP contribution in [0.1, 0.15) is 16.7 Å². The van der Waals surface area contributed by atoms with E-state index in [4.69, 9.17) is 9.47 Å². The minimum Gasteiger partial charge on any atom is -0.497 e. The van der Waals surface area contributed by atoms with Crippen LogP contribution in [0.25, 0.3) is 0 Å². The summed E-state index contributed by atoms with van der Waals surface area (Å²) in [5, 5.41) is 0. The van der Waals surface area contributed by atoms with Crippen LogP contribution in [-0.2, 0) is 19.6 Å². The molecule has 4 nitrogen and oxygen atoms in total. The van der Waals surface area contributed by atoms with Gasteiger partial charge in [0.05, 0.1) is 14.2 Å². The molecule has 0 amide bonds. The maximum atomic E-state index is 5.48. The molecule has 0 spiro atoms. The van der Waals surface area contributed by atoms with Crippen LogP contribution in [-0.4, -0.2) is 24.1 Å². The van der Waals surface area contributed by atoms with Gasteiger partial charge in [0.2, 0.25) is 0 Å². The molecule has 1 aliphatic heterocycles. The molecule has 0 atom stereocenters. The molecule has 0 radical (unpaired) electrons. The Kier molecular flexibility index (Phi) is 4.30. The summed E-state index contributed by atoms with van der Waals surface area (Å²) in [5.74, 6) is 1.69. The summed E-state index contributed by atoms with van der Waals surface area (Å²) >= 11 is 2.31. The van der Waals surface area contributed by atoms with Crippen molar-refractivity contribution in [3.05, 3.63) is 50.9 Å². The van der Waals surface area contributed by atoms with Gasteiger partial charge in [-0.25, -0.2) is 4.98 Å². The van der Waals surface area contributed by atoms with E-state index in [2.05, 4.69) is 44.6 Å². The second-order valence-electron chi connectivity index (χ2n) is 5.06. The molecule has 1 aromatic carbocycles. The third-order valence-electron chi connectivity index (χ3n) is 3.76. The number of rotatable bonds is 4. The van der Waals surface area contributed by atoms with Crippen LogP contribution in [0.5, 0.6) is 11.5 Å². The number of nitrogens with zero attached hydrogens (tertiary/aromatic N) is 2. The van der Waals surface area contributed by atoms with Crippen LogP contribution >= 0.6 is 22.6 Å². The lowest BCUT2D eigenvalue weighted by molar-refractivity contribution is 0.269. The summed E-state index contributed by atoms with van der Waals surface area (Å²) < 4.78 is 11.8. The molecule has 0 N–H and O–H groups in total. The number of methoxy groups -OCH3 is 2. The molecule has 3 rings (SSSR count). The summed E-state index contributed by atoms with van der Waals surface area (Å²) in [4.78, 5) is 6.77. The van der Waals surface area contributed by atoms with E-state index in [0.29, 0.717) is 0 Å². The normalized spacial score (nSPS) is 14.0. The Hall–Kier alpha value is -1.34. The van der Waals surface area contributed by atoms with Gasteiger partial charge < -0.3 is 9.47 Å². The molecule has 21 heavy (non-hydrogen) atoms. The predicted molar refractivity (Wildman–Crippen MR) is 89.5 cm³/mol. The summed E-state index contributed by atoms with van der Waals surface area (Å²) in [5.41, 5.74) is 3.90. The van der Waals surface area contributed by atoms with Crippen molar-refractivity contribution in [3.8, 4) is 11.5 Å². The summed E-state index contributed by atoms with van der Waals surface area (Å²) in [6, 6.07) is 8.10. The molecule has 1 aromatic heterocycles. The Morgan fingerprint density at radius 3 is 2.76 bits per heavy atom. The highest BCUT2D eigenvalue weighted by molar-refractivity contribution is 14.1. The molecule has 0 unspecified atom stereocenters. The molecule has 0 saturated heterocycles. The molecular formula is C16H17IN2O2. The van der Waals surface area contributed by atoms with E-state index in [-0.39, 0.29) is 0 Å². The fraction of sp³-hybridized carbons (Fsp3) is 0.312. The van der Waals surface area contributed by atoms with E-state index >= 15 is 0 Å². The van der Waals surface area contributed by atoms with Crippen LogP contribution in [0.15, 0.2) is 30.5 Å². The van der Waals surface area contributed by atoms with Gasteiger partial charge >= 0.3 is 0 Å². The Labute approximate surface area is 138 Å². The van der Waals surface area contributed by atoms with Gasteiger partial charge in [-0.15, -0.1) is 0 Å². The van der Waals surface area contributed by atoms with E-state index in [1.165, 1.54) is 16.7 Å². The monoisotopic (exact) mass is 396 g/mol. The van der Waals surface area contributed by atoms with E-state index in [1.807, 2.05) is 18.3 Å². The molecule has 1 aliphatic rings. The second-order valence-corrected chi connectivity index (χ2v) is 6.08. The van der Waals surface area contributed by atoms with Crippen molar-refractivity contribution in [1.82, 2.24) is 9.88 Å². The van der Waals surface area contributed by atoms with Crippen molar-refractivity contribution in [1.29, 1.82) is 0 Å². The molecule has 0 saturated carbocycles. The zero-order valence-electron chi connectivity index (χ0n) is 12.1. The van der Waals surface area contributed by atoms with Crippen molar-refractivity contribution >= 4 is 22.6 Å². The van der Waals surface area contributed by atoms with Crippen molar-refractivity contribution in [2.75, 3.05) is 14.2 Å². The van der Waals surface area contributed by atoms with Crippen LogP contribution in [0, 0.1) is 3.70 Å². The molecule has 2 heterocycles. The molecule has 0 fully saturated rings. The van der Waals surface area contributed by atoms with E-state index in [9.17, 15) is 0 Å². The zero-order valence-corrected chi connectivity index (χ0v) is 14.3. The SMILES string of the molecule is COc1ccc(CN2Cc3ccnc(I)c3C2)c(OC)c1. The van der Waals surface area contributed by atoms with E-state index in [1.54, 1.807) is 14.2 Å².